The smallest absolute Gasteiger partial charge is 0.307 e. The van der Waals surface area contributed by atoms with E-state index in [1.165, 1.54) is 5.56 Å². The van der Waals surface area contributed by atoms with E-state index in [-0.39, 0.29) is 18.6 Å². The van der Waals surface area contributed by atoms with E-state index in [1.54, 1.807) is 0 Å². The minimum absolute atomic E-state index is 0.0949. The Morgan fingerprint density at radius 3 is 2.23 bits per heavy atom. The van der Waals surface area contributed by atoms with Gasteiger partial charge in [-0.3, -0.25) is 0 Å². The average Bonchev–Trinajstić information content (AvgIpc) is 2.76. The van der Waals surface area contributed by atoms with Gasteiger partial charge in [0.1, 0.15) is 18.5 Å². The zero-order valence-corrected chi connectivity index (χ0v) is 19.1. The van der Waals surface area contributed by atoms with Gasteiger partial charge in [-0.1, -0.05) is 68.5 Å². The number of hydrogen-bond acceptors (Lipinski definition) is 7. The molecule has 0 radical (unpaired) electrons. The van der Waals surface area contributed by atoms with Gasteiger partial charge in [0, 0.05) is 5.41 Å². The predicted molar refractivity (Wildman–Crippen MR) is 120 cm³/mol. The van der Waals surface area contributed by atoms with Crippen molar-refractivity contribution in [2.45, 2.75) is 32.3 Å². The summed E-state index contributed by atoms with van der Waals surface area (Å²) in [5.74, 6) is 4.69. The lowest BCUT2D eigenvalue weighted by atomic mass is 9.78. The topological polar surface area (TPSA) is 97.1 Å². The van der Waals surface area contributed by atoms with Crippen LogP contribution in [-0.4, -0.2) is 40.3 Å². The summed E-state index contributed by atoms with van der Waals surface area (Å²) >= 11 is 0. The van der Waals surface area contributed by atoms with Crippen LogP contribution in [-0.2, 0) is 29.3 Å². The van der Waals surface area contributed by atoms with Gasteiger partial charge in [0.2, 0.25) is 0 Å². The van der Waals surface area contributed by atoms with Crippen LogP contribution in [0.15, 0.2) is 66.7 Å². The molecule has 0 saturated heterocycles. The van der Waals surface area contributed by atoms with E-state index in [0.717, 1.165) is 11.1 Å². The Morgan fingerprint density at radius 2 is 1.65 bits per heavy atom. The lowest BCUT2D eigenvalue weighted by Crippen LogP contribution is -2.31. The third-order valence-electron chi connectivity index (χ3n) is 4.75. The summed E-state index contributed by atoms with van der Waals surface area (Å²) in [6, 6.07) is 18.1. The normalized spacial score (nSPS) is 13.0. The molecule has 0 aliphatic rings. The van der Waals surface area contributed by atoms with E-state index < -0.39 is 22.2 Å². The van der Waals surface area contributed by atoms with Crippen LogP contribution in [0.5, 0.6) is 5.75 Å². The fourth-order valence-corrected chi connectivity index (χ4v) is 3.31. The maximum absolute atomic E-state index is 11.4. The van der Waals surface area contributed by atoms with Crippen molar-refractivity contribution >= 4 is 10.1 Å². The van der Waals surface area contributed by atoms with Gasteiger partial charge in [0.15, 0.2) is 5.94 Å². The van der Waals surface area contributed by atoms with Crippen molar-refractivity contribution in [2.75, 3.05) is 25.8 Å². The van der Waals surface area contributed by atoms with E-state index in [0.29, 0.717) is 12.4 Å². The highest BCUT2D eigenvalue weighted by molar-refractivity contribution is 7.86. The summed E-state index contributed by atoms with van der Waals surface area (Å²) in [6.07, 6.45) is -0.635. The van der Waals surface area contributed by atoms with E-state index >= 15 is 0 Å². The monoisotopic (exact) mass is 449 g/mol. The predicted octanol–water partition coefficient (Wildman–Crippen LogP) is 3.55. The maximum atomic E-state index is 11.4. The molecule has 0 aliphatic heterocycles. The minimum Gasteiger partial charge on any atom is -0.491 e. The van der Waals surface area contributed by atoms with Gasteiger partial charge < -0.3 is 14.2 Å². The van der Waals surface area contributed by atoms with Crippen LogP contribution in [0, 0.1) is 0 Å². The first-order valence-corrected chi connectivity index (χ1v) is 11.5. The highest BCUT2D eigenvalue weighted by atomic mass is 32.2. The molecule has 170 valence electrons. The van der Waals surface area contributed by atoms with Crippen molar-refractivity contribution in [2.24, 2.45) is 5.90 Å². The third-order valence-corrected chi connectivity index (χ3v) is 5.47. The molecule has 1 atom stereocenters. The van der Waals surface area contributed by atoms with Gasteiger partial charge >= 0.3 is 10.1 Å². The maximum Gasteiger partial charge on any atom is 0.307 e. The molecule has 7 nitrogen and oxygen atoms in total. The lowest BCUT2D eigenvalue weighted by molar-refractivity contribution is -0.0185. The summed E-state index contributed by atoms with van der Waals surface area (Å²) in [5, 5.41) is 0. The molecule has 0 spiro atoms. The summed E-state index contributed by atoms with van der Waals surface area (Å²) in [5.41, 5.74) is 3.05. The molecule has 0 amide bonds. The Hall–Kier alpha value is -2.23. The highest BCUT2D eigenvalue weighted by Gasteiger charge is 2.23. The van der Waals surface area contributed by atoms with Crippen LogP contribution in [0.25, 0.3) is 0 Å². The quantitative estimate of drug-likeness (QED) is 0.369. The Morgan fingerprint density at radius 1 is 1.03 bits per heavy atom. The fraction of sp³-hybridized carbons (Fsp3) is 0.391. The first kappa shape index (κ1) is 25.0. The molecule has 2 aromatic carbocycles. The molecule has 0 aromatic heterocycles. The highest BCUT2D eigenvalue weighted by Crippen LogP contribution is 2.32. The SMILES string of the molecule is C=C(C)COCC(COc1ccc(C(C)(C)c2ccccc2)cc1)OCS(=O)(=O)ON. The van der Waals surface area contributed by atoms with Crippen LogP contribution in [0.2, 0.25) is 0 Å². The zero-order chi connectivity index (χ0) is 22.9. The molecule has 0 fully saturated rings. The second kappa shape index (κ2) is 11.4. The molecule has 0 heterocycles. The van der Waals surface area contributed by atoms with E-state index in [9.17, 15) is 8.42 Å². The second-order valence-corrected chi connectivity index (χ2v) is 9.40. The molecular formula is C23H31NO6S. The van der Waals surface area contributed by atoms with Crippen molar-refractivity contribution in [1.29, 1.82) is 0 Å². The molecule has 2 N–H and O–H groups in total. The molecule has 0 aliphatic carbocycles. The molecule has 2 rings (SSSR count). The van der Waals surface area contributed by atoms with Gasteiger partial charge in [-0.15, -0.1) is 0 Å². The van der Waals surface area contributed by atoms with Crippen LogP contribution >= 0.6 is 0 Å². The first-order chi connectivity index (χ1) is 14.6. The molecule has 31 heavy (non-hydrogen) atoms. The van der Waals surface area contributed by atoms with Crippen LogP contribution in [0.4, 0.5) is 0 Å². The number of rotatable bonds is 13. The molecule has 8 heteroatoms. The standard InChI is InChI=1S/C23H31NO6S/c1-18(2)14-27-15-22(29-17-31(25,26)30-24)16-28-21-12-10-20(11-13-21)23(3,4)19-8-6-5-7-9-19/h5-13,22H,1,14-17,24H2,2-4H3. The Bertz CT molecular complexity index is 926. The van der Waals surface area contributed by atoms with E-state index in [1.807, 2.05) is 49.4 Å². The average molecular weight is 450 g/mol. The Labute approximate surface area is 184 Å². The molecular weight excluding hydrogens is 418 g/mol. The van der Waals surface area contributed by atoms with Gasteiger partial charge in [-0.05, 0) is 30.2 Å². The van der Waals surface area contributed by atoms with Gasteiger partial charge in [-0.25, -0.2) is 0 Å². The summed E-state index contributed by atoms with van der Waals surface area (Å²) in [7, 11) is -3.96. The van der Waals surface area contributed by atoms with Gasteiger partial charge in [0.25, 0.3) is 0 Å². The van der Waals surface area contributed by atoms with Crippen LogP contribution < -0.4 is 10.6 Å². The minimum atomic E-state index is -3.96. The summed E-state index contributed by atoms with van der Waals surface area (Å²) in [6.45, 7) is 10.5. The van der Waals surface area contributed by atoms with E-state index in [4.69, 9.17) is 20.1 Å². The lowest BCUT2D eigenvalue weighted by Gasteiger charge is -2.26. The second-order valence-electron chi connectivity index (χ2n) is 7.86. The fourth-order valence-electron chi connectivity index (χ4n) is 2.89. The summed E-state index contributed by atoms with van der Waals surface area (Å²) < 4.78 is 43.5. The van der Waals surface area contributed by atoms with Gasteiger partial charge in [-0.2, -0.15) is 18.6 Å². The Kier molecular flexibility index (Phi) is 9.21. The van der Waals surface area contributed by atoms with Crippen molar-refractivity contribution in [1.82, 2.24) is 0 Å². The van der Waals surface area contributed by atoms with E-state index in [2.05, 4.69) is 36.8 Å². The van der Waals surface area contributed by atoms with Crippen molar-refractivity contribution in [3.8, 4) is 5.75 Å². The first-order valence-electron chi connectivity index (χ1n) is 9.87. The molecule has 2 aromatic rings. The largest absolute Gasteiger partial charge is 0.491 e. The van der Waals surface area contributed by atoms with Gasteiger partial charge in [0.05, 0.1) is 13.2 Å². The molecule has 0 saturated carbocycles. The van der Waals surface area contributed by atoms with Crippen molar-refractivity contribution in [3.05, 3.63) is 77.9 Å². The van der Waals surface area contributed by atoms with Crippen molar-refractivity contribution in [3.63, 3.8) is 0 Å². The number of nitrogens with two attached hydrogens (primary N) is 1. The zero-order valence-electron chi connectivity index (χ0n) is 18.2. The summed E-state index contributed by atoms with van der Waals surface area (Å²) in [4.78, 5) is 0. The molecule has 0 bridgehead atoms. The number of benzene rings is 2. The Balaban J connectivity index is 2.00. The van der Waals surface area contributed by atoms with Crippen molar-refractivity contribution < 1.29 is 26.9 Å². The number of ether oxygens (including phenoxy) is 3. The van der Waals surface area contributed by atoms with Crippen LogP contribution in [0.3, 0.4) is 0 Å². The third kappa shape index (κ3) is 8.08. The number of hydrogen-bond donors (Lipinski definition) is 1. The van der Waals surface area contributed by atoms with Crippen LogP contribution in [0.1, 0.15) is 31.9 Å². The molecule has 1 unspecified atom stereocenters.